The highest BCUT2D eigenvalue weighted by atomic mass is 32.2. The summed E-state index contributed by atoms with van der Waals surface area (Å²) in [5.41, 5.74) is 0.542. The zero-order valence-corrected chi connectivity index (χ0v) is 17.4. The third kappa shape index (κ3) is 3.47. The van der Waals surface area contributed by atoms with Crippen molar-refractivity contribution < 1.29 is 32.6 Å². The predicted octanol–water partition coefficient (Wildman–Crippen LogP) is 1.60. The van der Waals surface area contributed by atoms with Crippen LogP contribution in [0.2, 0.25) is 0 Å². The molecule has 0 bridgehead atoms. The molecule has 2 aromatic carbocycles. The molecule has 2 atom stereocenters. The summed E-state index contributed by atoms with van der Waals surface area (Å²) in [5.74, 6) is -1.83. The van der Waals surface area contributed by atoms with Crippen LogP contribution in [-0.4, -0.2) is 66.3 Å². The number of imide groups is 1. The number of methoxy groups -OCH3 is 1. The van der Waals surface area contributed by atoms with Crippen LogP contribution in [0.15, 0.2) is 53.4 Å². The first-order chi connectivity index (χ1) is 14.8. The second-order valence-corrected chi connectivity index (χ2v) is 9.24. The summed E-state index contributed by atoms with van der Waals surface area (Å²) in [6.45, 7) is -0.136. The molecule has 0 aliphatic carbocycles. The average molecular weight is 444 g/mol. The molecule has 2 aliphatic heterocycles. The molecular formula is C21H20N2O7S. The number of carboxylic acids is 1. The van der Waals surface area contributed by atoms with E-state index in [-0.39, 0.29) is 35.4 Å². The second kappa shape index (κ2) is 7.78. The van der Waals surface area contributed by atoms with E-state index >= 15 is 0 Å². The number of carboxylic acid groups (broad SMARTS) is 1. The van der Waals surface area contributed by atoms with Gasteiger partial charge in [-0.25, -0.2) is 8.42 Å². The number of benzene rings is 2. The first kappa shape index (κ1) is 21.0. The molecule has 2 aliphatic rings. The molecule has 31 heavy (non-hydrogen) atoms. The molecule has 0 unspecified atom stereocenters. The Labute approximate surface area is 178 Å². The largest absolute Gasteiger partial charge is 0.497 e. The number of carbonyl (C=O) groups excluding carboxylic acids is 2. The number of aliphatic carboxylic acids is 1. The number of ether oxygens (including phenoxy) is 1. The Kier molecular flexibility index (Phi) is 5.28. The van der Waals surface area contributed by atoms with Gasteiger partial charge in [0.15, 0.2) is 0 Å². The topological polar surface area (TPSA) is 121 Å². The summed E-state index contributed by atoms with van der Waals surface area (Å²) >= 11 is 0. The summed E-state index contributed by atoms with van der Waals surface area (Å²) in [5, 5.41) is 9.75. The van der Waals surface area contributed by atoms with Gasteiger partial charge < -0.3 is 9.84 Å². The monoisotopic (exact) mass is 444 g/mol. The number of piperidine rings is 1. The van der Waals surface area contributed by atoms with E-state index in [1.165, 1.54) is 31.4 Å². The molecule has 10 heteroatoms. The second-order valence-electron chi connectivity index (χ2n) is 7.35. The minimum Gasteiger partial charge on any atom is -0.497 e. The molecule has 4 rings (SSSR count). The first-order valence-corrected chi connectivity index (χ1v) is 11.1. The van der Waals surface area contributed by atoms with E-state index in [1.54, 1.807) is 24.3 Å². The first-order valence-electron chi connectivity index (χ1n) is 9.61. The number of fused-ring (bicyclic) bond motifs is 1. The molecule has 1 fully saturated rings. The van der Waals surface area contributed by atoms with E-state index in [2.05, 4.69) is 0 Å². The number of rotatable bonds is 5. The van der Waals surface area contributed by atoms with Crippen LogP contribution in [0, 0.1) is 0 Å². The highest BCUT2D eigenvalue weighted by molar-refractivity contribution is 7.89. The van der Waals surface area contributed by atoms with Crippen LogP contribution < -0.4 is 4.74 Å². The molecule has 1 N–H and O–H groups in total. The number of carbonyl (C=O) groups is 3. The molecule has 9 nitrogen and oxygen atoms in total. The maximum absolute atomic E-state index is 13.1. The van der Waals surface area contributed by atoms with Crippen molar-refractivity contribution in [3.63, 3.8) is 0 Å². The summed E-state index contributed by atoms with van der Waals surface area (Å²) in [4.78, 5) is 38.5. The lowest BCUT2D eigenvalue weighted by molar-refractivity contribution is -0.143. The van der Waals surface area contributed by atoms with E-state index in [0.29, 0.717) is 5.75 Å². The van der Waals surface area contributed by atoms with Gasteiger partial charge in [0.2, 0.25) is 10.0 Å². The molecule has 0 saturated carbocycles. The third-order valence-corrected chi connectivity index (χ3v) is 7.59. The Morgan fingerprint density at radius 2 is 1.61 bits per heavy atom. The van der Waals surface area contributed by atoms with Crippen molar-refractivity contribution in [1.29, 1.82) is 0 Å². The van der Waals surface area contributed by atoms with Crippen LogP contribution in [-0.2, 0) is 14.8 Å². The standard InChI is InChI=1S/C21H20N2O7S/c1-30-14-6-8-15(9-7-14)31(28,29)22-11-10-13(12-18(22)21(26)27)23-19(24)16-4-2-3-5-17(16)20(23)25/h2-9,13,18H,10-12H2,1H3,(H,26,27)/t13-,18-/m1/s1. The number of nitrogens with zero attached hydrogens (tertiary/aromatic N) is 2. The van der Waals surface area contributed by atoms with Crippen molar-refractivity contribution in [2.75, 3.05) is 13.7 Å². The van der Waals surface area contributed by atoms with Crippen molar-refractivity contribution in [2.45, 2.75) is 29.8 Å². The molecule has 2 aromatic rings. The van der Waals surface area contributed by atoms with Gasteiger partial charge in [-0.05, 0) is 49.2 Å². The minimum absolute atomic E-state index is 0.0567. The maximum Gasteiger partial charge on any atom is 0.322 e. The molecule has 1 saturated heterocycles. The summed E-state index contributed by atoms with van der Waals surface area (Å²) < 4.78 is 32.2. The van der Waals surface area contributed by atoms with Gasteiger partial charge in [-0.15, -0.1) is 0 Å². The van der Waals surface area contributed by atoms with Gasteiger partial charge in [-0.3, -0.25) is 19.3 Å². The van der Waals surface area contributed by atoms with Gasteiger partial charge in [0.05, 0.1) is 23.1 Å². The number of hydrogen-bond donors (Lipinski definition) is 1. The SMILES string of the molecule is COc1ccc(S(=O)(=O)N2CC[C@@H](N3C(=O)c4ccccc4C3=O)C[C@@H]2C(=O)O)cc1. The van der Waals surface area contributed by atoms with E-state index < -0.39 is 39.9 Å². The predicted molar refractivity (Wildman–Crippen MR) is 108 cm³/mol. The van der Waals surface area contributed by atoms with Crippen LogP contribution in [0.4, 0.5) is 0 Å². The Morgan fingerprint density at radius 3 is 2.13 bits per heavy atom. The number of hydrogen-bond acceptors (Lipinski definition) is 6. The average Bonchev–Trinajstić information content (AvgIpc) is 3.03. The zero-order chi connectivity index (χ0) is 22.3. The van der Waals surface area contributed by atoms with Crippen LogP contribution in [0.1, 0.15) is 33.6 Å². The molecular weight excluding hydrogens is 424 g/mol. The fourth-order valence-electron chi connectivity index (χ4n) is 4.09. The van der Waals surface area contributed by atoms with E-state index in [9.17, 15) is 27.9 Å². The van der Waals surface area contributed by atoms with Crippen LogP contribution in [0.25, 0.3) is 0 Å². The Balaban J connectivity index is 1.61. The van der Waals surface area contributed by atoms with E-state index in [0.717, 1.165) is 9.21 Å². The van der Waals surface area contributed by atoms with Crippen molar-refractivity contribution in [2.24, 2.45) is 0 Å². The van der Waals surface area contributed by atoms with Crippen LogP contribution >= 0.6 is 0 Å². The lowest BCUT2D eigenvalue weighted by Crippen LogP contribution is -2.55. The van der Waals surface area contributed by atoms with Crippen LogP contribution in [0.3, 0.4) is 0 Å². The number of amides is 2. The lowest BCUT2D eigenvalue weighted by Gasteiger charge is -2.39. The number of sulfonamides is 1. The lowest BCUT2D eigenvalue weighted by atomic mass is 9.98. The molecule has 2 amide bonds. The highest BCUT2D eigenvalue weighted by Crippen LogP contribution is 2.33. The van der Waals surface area contributed by atoms with Gasteiger partial charge in [-0.2, -0.15) is 4.31 Å². The van der Waals surface area contributed by atoms with Crippen molar-refractivity contribution in [3.8, 4) is 5.75 Å². The van der Waals surface area contributed by atoms with Crippen molar-refractivity contribution in [3.05, 3.63) is 59.7 Å². The summed E-state index contributed by atoms with van der Waals surface area (Å²) in [6, 6.07) is 9.94. The smallest absolute Gasteiger partial charge is 0.322 e. The van der Waals surface area contributed by atoms with Gasteiger partial charge in [0, 0.05) is 12.6 Å². The Bertz CT molecular complexity index is 1130. The normalized spacial score (nSPS) is 21.8. The molecule has 0 aromatic heterocycles. The van der Waals surface area contributed by atoms with E-state index in [1.807, 2.05) is 0 Å². The van der Waals surface area contributed by atoms with Crippen molar-refractivity contribution >= 4 is 27.8 Å². The molecule has 2 heterocycles. The van der Waals surface area contributed by atoms with Gasteiger partial charge in [0.25, 0.3) is 11.8 Å². The summed E-state index contributed by atoms with van der Waals surface area (Å²) in [6.07, 6.45) is -0.0409. The van der Waals surface area contributed by atoms with Crippen molar-refractivity contribution in [1.82, 2.24) is 9.21 Å². The zero-order valence-electron chi connectivity index (χ0n) is 16.6. The summed E-state index contributed by atoms with van der Waals surface area (Å²) in [7, 11) is -2.65. The third-order valence-electron chi connectivity index (χ3n) is 5.67. The highest BCUT2D eigenvalue weighted by Gasteiger charge is 2.47. The van der Waals surface area contributed by atoms with E-state index in [4.69, 9.17) is 4.74 Å². The quantitative estimate of drug-likeness (QED) is 0.695. The Morgan fingerprint density at radius 1 is 1.03 bits per heavy atom. The maximum atomic E-state index is 13.1. The Hall–Kier alpha value is -3.24. The molecule has 0 radical (unpaired) electrons. The molecule has 0 spiro atoms. The minimum atomic E-state index is -4.10. The fourth-order valence-corrected chi connectivity index (χ4v) is 5.70. The van der Waals surface area contributed by atoms with Gasteiger partial charge in [0.1, 0.15) is 11.8 Å². The van der Waals surface area contributed by atoms with Crippen LogP contribution in [0.5, 0.6) is 5.75 Å². The van der Waals surface area contributed by atoms with Gasteiger partial charge in [-0.1, -0.05) is 12.1 Å². The fraction of sp³-hybridized carbons (Fsp3) is 0.286. The van der Waals surface area contributed by atoms with Gasteiger partial charge >= 0.3 is 5.97 Å². The molecule has 162 valence electrons.